The molecule has 0 bridgehead atoms. The summed E-state index contributed by atoms with van der Waals surface area (Å²) in [5.41, 5.74) is 15.6. The SMILES string of the molecule is c1ccc2c(c1)Cc1c-2c2c(c3c4ccncc4n4c5ccccc5nc4c13)-c1ccccc1C2. The number of hydrogen-bond donors (Lipinski definition) is 0. The number of aromatic nitrogens is 3. The summed E-state index contributed by atoms with van der Waals surface area (Å²) in [5.74, 6) is 0. The molecule has 0 N–H and O–H groups in total. The Morgan fingerprint density at radius 1 is 0.629 bits per heavy atom. The first-order valence-corrected chi connectivity index (χ1v) is 12.2. The van der Waals surface area contributed by atoms with Crippen molar-refractivity contribution in [2.24, 2.45) is 0 Å². The topological polar surface area (TPSA) is 30.2 Å². The highest BCUT2D eigenvalue weighted by Gasteiger charge is 2.33. The molecule has 0 unspecified atom stereocenters. The summed E-state index contributed by atoms with van der Waals surface area (Å²) in [6.07, 6.45) is 5.86. The molecule has 2 aliphatic rings. The van der Waals surface area contributed by atoms with E-state index in [0.29, 0.717) is 0 Å². The van der Waals surface area contributed by atoms with Crippen LogP contribution in [0.4, 0.5) is 0 Å². The summed E-state index contributed by atoms with van der Waals surface area (Å²) in [6.45, 7) is 0. The van der Waals surface area contributed by atoms with Gasteiger partial charge in [0.05, 0.1) is 22.7 Å². The van der Waals surface area contributed by atoms with Gasteiger partial charge in [-0.2, -0.15) is 0 Å². The van der Waals surface area contributed by atoms with E-state index in [1.807, 2.05) is 12.4 Å². The van der Waals surface area contributed by atoms with Gasteiger partial charge in [0.25, 0.3) is 0 Å². The molecule has 3 heterocycles. The van der Waals surface area contributed by atoms with Crippen molar-refractivity contribution in [2.75, 3.05) is 0 Å². The maximum atomic E-state index is 5.25. The Bertz CT molecular complexity index is 2060. The fraction of sp³-hybridized carbons (Fsp3) is 0.0625. The molecule has 0 saturated heterocycles. The predicted molar refractivity (Wildman–Crippen MR) is 142 cm³/mol. The van der Waals surface area contributed by atoms with Gasteiger partial charge in [0.15, 0.2) is 0 Å². The Hall–Kier alpha value is -4.50. The Morgan fingerprint density at radius 3 is 2.20 bits per heavy atom. The number of nitrogens with zero attached hydrogens (tertiary/aromatic N) is 3. The Balaban J connectivity index is 1.64. The van der Waals surface area contributed by atoms with Crippen molar-refractivity contribution in [2.45, 2.75) is 12.8 Å². The minimum Gasteiger partial charge on any atom is -0.290 e. The monoisotopic (exact) mass is 445 g/mol. The van der Waals surface area contributed by atoms with Crippen LogP contribution in [0, 0.1) is 0 Å². The maximum Gasteiger partial charge on any atom is 0.146 e. The van der Waals surface area contributed by atoms with Gasteiger partial charge in [-0.3, -0.25) is 9.38 Å². The number of hydrogen-bond acceptors (Lipinski definition) is 2. The van der Waals surface area contributed by atoms with E-state index >= 15 is 0 Å². The molecule has 2 aliphatic carbocycles. The second kappa shape index (κ2) is 6.13. The van der Waals surface area contributed by atoms with Crippen LogP contribution in [0.5, 0.6) is 0 Å². The van der Waals surface area contributed by atoms with Gasteiger partial charge in [0.2, 0.25) is 0 Å². The first-order valence-electron chi connectivity index (χ1n) is 12.2. The molecule has 3 nitrogen and oxygen atoms in total. The summed E-state index contributed by atoms with van der Waals surface area (Å²) in [7, 11) is 0. The lowest BCUT2D eigenvalue weighted by molar-refractivity contribution is 1.23. The van der Waals surface area contributed by atoms with Crippen LogP contribution in [-0.4, -0.2) is 14.4 Å². The number of imidazole rings is 1. The molecule has 35 heavy (non-hydrogen) atoms. The number of pyridine rings is 2. The average Bonchev–Trinajstić information content (AvgIpc) is 3.59. The molecular formula is C32H19N3. The number of para-hydroxylation sites is 2. The molecule has 162 valence electrons. The van der Waals surface area contributed by atoms with Crippen LogP contribution in [0.3, 0.4) is 0 Å². The minimum absolute atomic E-state index is 0.946. The third kappa shape index (κ3) is 2.08. The largest absolute Gasteiger partial charge is 0.290 e. The van der Waals surface area contributed by atoms with E-state index in [1.54, 1.807) is 0 Å². The van der Waals surface area contributed by atoms with E-state index in [4.69, 9.17) is 4.98 Å². The number of benzene rings is 4. The molecule has 0 aliphatic heterocycles. The quantitative estimate of drug-likeness (QED) is 0.229. The maximum absolute atomic E-state index is 5.25. The summed E-state index contributed by atoms with van der Waals surface area (Å²) in [5, 5.41) is 3.87. The van der Waals surface area contributed by atoms with Crippen molar-refractivity contribution >= 4 is 38.4 Å². The second-order valence-corrected chi connectivity index (χ2v) is 9.78. The zero-order valence-electron chi connectivity index (χ0n) is 18.9. The summed E-state index contributed by atoms with van der Waals surface area (Å²) >= 11 is 0. The molecule has 0 amide bonds. The molecule has 0 spiro atoms. The lowest BCUT2D eigenvalue weighted by Gasteiger charge is -2.18. The lowest BCUT2D eigenvalue weighted by Crippen LogP contribution is -1.99. The Kier molecular flexibility index (Phi) is 3.14. The van der Waals surface area contributed by atoms with Crippen LogP contribution in [0.15, 0.2) is 91.3 Å². The molecule has 3 aromatic heterocycles. The zero-order valence-corrected chi connectivity index (χ0v) is 18.9. The summed E-state index contributed by atoms with van der Waals surface area (Å²) < 4.78 is 2.33. The van der Waals surface area contributed by atoms with Crippen molar-refractivity contribution in [3.63, 3.8) is 0 Å². The van der Waals surface area contributed by atoms with Gasteiger partial charge < -0.3 is 0 Å². The third-order valence-electron chi connectivity index (χ3n) is 8.11. The fourth-order valence-electron chi connectivity index (χ4n) is 6.78. The first kappa shape index (κ1) is 17.9. The van der Waals surface area contributed by atoms with E-state index in [1.165, 1.54) is 60.7 Å². The van der Waals surface area contributed by atoms with Crippen LogP contribution in [0.25, 0.3) is 60.6 Å². The summed E-state index contributed by atoms with van der Waals surface area (Å²) in [4.78, 5) is 9.80. The van der Waals surface area contributed by atoms with Crippen LogP contribution < -0.4 is 0 Å². The molecule has 4 aromatic carbocycles. The van der Waals surface area contributed by atoms with Crippen molar-refractivity contribution in [1.29, 1.82) is 0 Å². The van der Waals surface area contributed by atoms with E-state index in [9.17, 15) is 0 Å². The van der Waals surface area contributed by atoms with Crippen LogP contribution in [-0.2, 0) is 12.8 Å². The lowest BCUT2D eigenvalue weighted by atomic mass is 9.88. The van der Waals surface area contributed by atoms with Crippen LogP contribution in [0.1, 0.15) is 22.3 Å². The minimum atomic E-state index is 0.946. The molecule has 0 saturated carbocycles. The van der Waals surface area contributed by atoms with Gasteiger partial charge in [-0.1, -0.05) is 60.7 Å². The van der Waals surface area contributed by atoms with E-state index in [-0.39, 0.29) is 0 Å². The average molecular weight is 446 g/mol. The molecule has 0 radical (unpaired) electrons. The van der Waals surface area contributed by atoms with Crippen LogP contribution in [0.2, 0.25) is 0 Å². The normalized spacial score (nSPS) is 13.5. The second-order valence-electron chi connectivity index (χ2n) is 9.78. The standard InChI is InChI=1S/C32H19N3/c1-3-9-20-18(7-1)16-24-28(20)23-15-19-8-2-4-10-21(19)29(23)30-22-13-14-33-17-27(22)35-26-12-6-5-11-25(26)34-32(35)31(24)30/h1-14,17H,15-16H2. The van der Waals surface area contributed by atoms with Gasteiger partial charge in [-0.15, -0.1) is 0 Å². The van der Waals surface area contributed by atoms with Crippen molar-refractivity contribution in [3.8, 4) is 22.3 Å². The van der Waals surface area contributed by atoms with Crippen molar-refractivity contribution in [1.82, 2.24) is 14.4 Å². The summed E-state index contributed by atoms with van der Waals surface area (Å²) in [6, 6.07) is 28.5. The number of fused-ring (bicyclic) bond motifs is 17. The fourth-order valence-corrected chi connectivity index (χ4v) is 6.78. The number of rotatable bonds is 0. The molecule has 7 aromatic rings. The highest BCUT2D eigenvalue weighted by atomic mass is 15.0. The first-order chi connectivity index (χ1) is 17.4. The molecular weight excluding hydrogens is 426 g/mol. The molecule has 9 rings (SSSR count). The molecule has 3 heteroatoms. The van der Waals surface area contributed by atoms with Crippen molar-refractivity contribution in [3.05, 3.63) is 114 Å². The Labute approximate surface area is 201 Å². The molecule has 0 fully saturated rings. The van der Waals surface area contributed by atoms with E-state index in [0.717, 1.165) is 35.0 Å². The third-order valence-corrected chi connectivity index (χ3v) is 8.11. The zero-order chi connectivity index (χ0) is 22.7. The smallest absolute Gasteiger partial charge is 0.146 e. The van der Waals surface area contributed by atoms with Gasteiger partial charge >= 0.3 is 0 Å². The van der Waals surface area contributed by atoms with Gasteiger partial charge in [0.1, 0.15) is 5.65 Å². The van der Waals surface area contributed by atoms with Gasteiger partial charge in [0, 0.05) is 22.4 Å². The predicted octanol–water partition coefficient (Wildman–Crippen LogP) is 7.33. The van der Waals surface area contributed by atoms with E-state index < -0.39 is 0 Å². The Morgan fingerprint density at radius 2 is 1.34 bits per heavy atom. The van der Waals surface area contributed by atoms with Crippen LogP contribution >= 0.6 is 0 Å². The van der Waals surface area contributed by atoms with Crippen molar-refractivity contribution < 1.29 is 0 Å². The van der Waals surface area contributed by atoms with E-state index in [2.05, 4.69) is 88.2 Å². The highest BCUT2D eigenvalue weighted by molar-refractivity contribution is 6.23. The van der Waals surface area contributed by atoms with Gasteiger partial charge in [-0.05, 0) is 75.5 Å². The highest BCUT2D eigenvalue weighted by Crippen LogP contribution is 2.54. The van der Waals surface area contributed by atoms with Gasteiger partial charge in [-0.25, -0.2) is 4.98 Å². The molecule has 0 atom stereocenters.